The normalized spacial score (nSPS) is 16.3. The highest BCUT2D eigenvalue weighted by Gasteiger charge is 2.35. The number of urea groups is 1. The van der Waals surface area contributed by atoms with Gasteiger partial charge in [0.15, 0.2) is 0 Å². The number of nitrogens with one attached hydrogen (secondary N) is 2. The number of carbonyl (C=O) groups excluding carboxylic acids is 2. The van der Waals surface area contributed by atoms with Crippen LogP contribution in [-0.2, 0) is 16.0 Å². The maximum Gasteiger partial charge on any atom is 0.325 e. The van der Waals surface area contributed by atoms with Crippen molar-refractivity contribution in [3.8, 4) is 0 Å². The summed E-state index contributed by atoms with van der Waals surface area (Å²) in [5.74, 6) is -0.521. The summed E-state index contributed by atoms with van der Waals surface area (Å²) in [6.45, 7) is 0.242. The number of rotatable bonds is 3. The third-order valence-electron chi connectivity index (χ3n) is 4.05. The van der Waals surface area contributed by atoms with E-state index in [0.717, 1.165) is 11.4 Å². The molecule has 2 N–H and O–H groups in total. The van der Waals surface area contributed by atoms with E-state index in [2.05, 4.69) is 20.0 Å². The van der Waals surface area contributed by atoms with Gasteiger partial charge in [0, 0.05) is 28.7 Å². The van der Waals surface area contributed by atoms with Gasteiger partial charge in [-0.2, -0.15) is 0 Å². The lowest BCUT2D eigenvalue weighted by atomic mass is 9.96. The van der Waals surface area contributed by atoms with Crippen molar-refractivity contribution in [2.24, 2.45) is 0 Å². The van der Waals surface area contributed by atoms with E-state index in [4.69, 9.17) is 23.2 Å². The zero-order valence-electron chi connectivity index (χ0n) is 13.4. The molecule has 0 saturated carbocycles. The third kappa shape index (κ3) is 3.57. The van der Waals surface area contributed by atoms with Gasteiger partial charge in [0.05, 0.1) is 19.1 Å². The molecular weight excluding hydrogens is 367 g/mol. The number of benzene rings is 1. The second-order valence-corrected chi connectivity index (χ2v) is 6.36. The van der Waals surface area contributed by atoms with Gasteiger partial charge in [-0.15, -0.1) is 0 Å². The maximum atomic E-state index is 12.6. The number of methoxy groups -OCH3 is 1. The Kier molecular flexibility index (Phi) is 5.15. The number of imidazole rings is 1. The monoisotopic (exact) mass is 382 g/mol. The zero-order chi connectivity index (χ0) is 18.0. The van der Waals surface area contributed by atoms with E-state index < -0.39 is 18.0 Å². The molecule has 1 atom stereocenters. The molecule has 0 fully saturated rings. The molecule has 2 heterocycles. The average molecular weight is 383 g/mol. The molecule has 1 aromatic heterocycles. The van der Waals surface area contributed by atoms with E-state index in [1.807, 2.05) is 0 Å². The highest BCUT2D eigenvalue weighted by molar-refractivity contribution is 6.35. The number of aromatic amines is 1. The van der Waals surface area contributed by atoms with Gasteiger partial charge in [0.25, 0.3) is 0 Å². The number of fused-ring (bicyclic) bond motifs is 1. The fourth-order valence-electron chi connectivity index (χ4n) is 2.86. The van der Waals surface area contributed by atoms with E-state index in [0.29, 0.717) is 28.6 Å². The number of halogens is 2. The minimum atomic E-state index is -0.521. The molecule has 132 valence electrons. The number of ether oxygens (including phenoxy) is 1. The van der Waals surface area contributed by atoms with Crippen LogP contribution in [0.4, 0.5) is 4.79 Å². The van der Waals surface area contributed by atoms with Gasteiger partial charge in [0.1, 0.15) is 12.6 Å². The second-order valence-electron chi connectivity index (χ2n) is 5.51. The highest BCUT2D eigenvalue weighted by Crippen LogP contribution is 2.37. The van der Waals surface area contributed by atoms with Crippen molar-refractivity contribution in [2.45, 2.75) is 12.5 Å². The molecule has 0 saturated heterocycles. The molecule has 0 bridgehead atoms. The number of hydrogen-bond acceptors (Lipinski definition) is 4. The van der Waals surface area contributed by atoms with E-state index in [1.165, 1.54) is 7.11 Å². The van der Waals surface area contributed by atoms with Crippen molar-refractivity contribution < 1.29 is 14.3 Å². The SMILES string of the molecule is COC(=O)CNC(=O)N1CCc2[nH]cnc2[C@H]1c1ccc(Cl)cc1Cl. The summed E-state index contributed by atoms with van der Waals surface area (Å²) in [6.07, 6.45) is 2.22. The second kappa shape index (κ2) is 7.33. The van der Waals surface area contributed by atoms with Crippen molar-refractivity contribution in [3.05, 3.63) is 51.5 Å². The molecule has 3 rings (SSSR count). The van der Waals surface area contributed by atoms with Crippen molar-refractivity contribution >= 4 is 35.2 Å². The molecule has 2 aromatic rings. The Balaban J connectivity index is 1.94. The van der Waals surface area contributed by atoms with Crippen molar-refractivity contribution in [3.63, 3.8) is 0 Å². The van der Waals surface area contributed by atoms with Gasteiger partial charge in [-0.05, 0) is 17.7 Å². The minimum Gasteiger partial charge on any atom is -0.468 e. The largest absolute Gasteiger partial charge is 0.468 e. The lowest BCUT2D eigenvalue weighted by Gasteiger charge is -2.35. The number of aromatic nitrogens is 2. The summed E-state index contributed by atoms with van der Waals surface area (Å²) >= 11 is 12.3. The van der Waals surface area contributed by atoms with Crippen LogP contribution in [-0.4, -0.2) is 47.1 Å². The maximum absolute atomic E-state index is 12.6. The predicted molar refractivity (Wildman–Crippen MR) is 92.7 cm³/mol. The van der Waals surface area contributed by atoms with Crippen LogP contribution < -0.4 is 5.32 Å². The first-order valence-corrected chi connectivity index (χ1v) is 8.35. The van der Waals surface area contributed by atoms with Crippen molar-refractivity contribution in [1.29, 1.82) is 0 Å². The molecule has 0 aliphatic carbocycles. The number of amides is 2. The summed E-state index contributed by atoms with van der Waals surface area (Å²) in [4.78, 5) is 33.0. The zero-order valence-corrected chi connectivity index (χ0v) is 14.9. The van der Waals surface area contributed by atoms with E-state index in [9.17, 15) is 9.59 Å². The Morgan fingerprint density at radius 2 is 2.24 bits per heavy atom. The lowest BCUT2D eigenvalue weighted by Crippen LogP contribution is -2.47. The standard InChI is InChI=1S/C16H16Cl2N4O3/c1-25-13(23)7-19-16(24)22-5-4-12-14(21-8-20-12)15(22)10-3-2-9(17)6-11(10)18/h2-3,6,8,15H,4-5,7H2,1H3,(H,19,24)(H,20,21)/t15-/m1/s1. The smallest absolute Gasteiger partial charge is 0.325 e. The van der Waals surface area contributed by atoms with Crippen LogP contribution in [0.15, 0.2) is 24.5 Å². The van der Waals surface area contributed by atoms with Gasteiger partial charge in [-0.1, -0.05) is 29.3 Å². The molecule has 1 aliphatic heterocycles. The fraction of sp³-hybridized carbons (Fsp3) is 0.312. The molecular formula is C16H16Cl2N4O3. The number of hydrogen-bond donors (Lipinski definition) is 2. The highest BCUT2D eigenvalue weighted by atomic mass is 35.5. The topological polar surface area (TPSA) is 87.3 Å². The van der Waals surface area contributed by atoms with Crippen LogP contribution in [0.5, 0.6) is 0 Å². The van der Waals surface area contributed by atoms with Gasteiger partial charge in [0.2, 0.25) is 0 Å². The molecule has 1 aromatic carbocycles. The van der Waals surface area contributed by atoms with Crippen LogP contribution in [0.25, 0.3) is 0 Å². The van der Waals surface area contributed by atoms with E-state index in [1.54, 1.807) is 29.4 Å². The van der Waals surface area contributed by atoms with Crippen LogP contribution in [0, 0.1) is 0 Å². The number of esters is 1. The summed E-state index contributed by atoms with van der Waals surface area (Å²) in [5.41, 5.74) is 2.39. The van der Waals surface area contributed by atoms with E-state index >= 15 is 0 Å². The Bertz CT molecular complexity index is 808. The summed E-state index contributed by atoms with van der Waals surface area (Å²) in [6, 6.07) is 4.25. The summed E-state index contributed by atoms with van der Waals surface area (Å²) in [7, 11) is 1.27. The number of carbonyl (C=O) groups is 2. The summed E-state index contributed by atoms with van der Waals surface area (Å²) in [5, 5.41) is 3.51. The van der Waals surface area contributed by atoms with Gasteiger partial charge in [-0.3, -0.25) is 4.79 Å². The van der Waals surface area contributed by atoms with Crippen LogP contribution in [0.3, 0.4) is 0 Å². The van der Waals surface area contributed by atoms with Gasteiger partial charge < -0.3 is 19.9 Å². The van der Waals surface area contributed by atoms with Crippen molar-refractivity contribution in [1.82, 2.24) is 20.2 Å². The molecule has 0 spiro atoms. The molecule has 0 radical (unpaired) electrons. The molecule has 0 unspecified atom stereocenters. The average Bonchev–Trinajstić information content (AvgIpc) is 3.07. The quantitative estimate of drug-likeness (QED) is 0.798. The Morgan fingerprint density at radius 3 is 2.96 bits per heavy atom. The third-order valence-corrected chi connectivity index (χ3v) is 4.62. The minimum absolute atomic E-state index is 0.208. The lowest BCUT2D eigenvalue weighted by molar-refractivity contribution is -0.139. The molecule has 25 heavy (non-hydrogen) atoms. The fourth-order valence-corrected chi connectivity index (χ4v) is 3.37. The summed E-state index contributed by atoms with van der Waals surface area (Å²) < 4.78 is 4.55. The predicted octanol–water partition coefficient (Wildman–Crippen LogP) is 2.55. The first-order valence-electron chi connectivity index (χ1n) is 7.59. The molecule has 1 aliphatic rings. The van der Waals surface area contributed by atoms with Crippen LogP contribution in [0.1, 0.15) is 23.0 Å². The number of nitrogens with zero attached hydrogens (tertiary/aromatic N) is 2. The first-order chi connectivity index (χ1) is 12.0. The first kappa shape index (κ1) is 17.6. The van der Waals surface area contributed by atoms with Crippen LogP contribution in [0.2, 0.25) is 10.0 Å². The molecule has 7 nitrogen and oxygen atoms in total. The number of H-pyrrole nitrogens is 1. The Morgan fingerprint density at radius 1 is 1.44 bits per heavy atom. The molecule has 2 amide bonds. The van der Waals surface area contributed by atoms with Crippen LogP contribution >= 0.6 is 23.2 Å². The Hall–Kier alpha value is -2.25. The molecule has 9 heteroatoms. The van der Waals surface area contributed by atoms with Gasteiger partial charge in [-0.25, -0.2) is 9.78 Å². The van der Waals surface area contributed by atoms with Crippen molar-refractivity contribution in [2.75, 3.05) is 20.2 Å². The van der Waals surface area contributed by atoms with Gasteiger partial charge >= 0.3 is 12.0 Å². The Labute approximate surface area is 154 Å². The van der Waals surface area contributed by atoms with E-state index in [-0.39, 0.29) is 6.54 Å².